The summed E-state index contributed by atoms with van der Waals surface area (Å²) in [6.07, 6.45) is 0. The maximum Gasteiger partial charge on any atom is 0.210 e. The molecule has 6 nitrogen and oxygen atoms in total. The van der Waals surface area contributed by atoms with Gasteiger partial charge in [-0.25, -0.2) is 9.07 Å². The number of aromatic nitrogens is 4. The predicted octanol–water partition coefficient (Wildman–Crippen LogP) is 2.84. The number of carbonyl (C=O) groups excluding carboxylic acids is 1. The number of tetrazole rings is 1. The summed E-state index contributed by atoms with van der Waals surface area (Å²) in [5.41, 5.74) is 1.26. The molecule has 3 rings (SSSR count). The molecular formula is C17H15FN4O2S. The third-order valence-electron chi connectivity index (χ3n) is 3.47. The van der Waals surface area contributed by atoms with Crippen molar-refractivity contribution in [2.24, 2.45) is 0 Å². The zero-order valence-electron chi connectivity index (χ0n) is 13.4. The molecule has 3 aromatic rings. The summed E-state index contributed by atoms with van der Waals surface area (Å²) in [5.74, 6) is -0.316. The molecule has 0 unspecified atom stereocenters. The van der Waals surface area contributed by atoms with E-state index in [2.05, 4.69) is 15.5 Å². The van der Waals surface area contributed by atoms with Gasteiger partial charge in [-0.05, 0) is 34.2 Å². The Balaban J connectivity index is 1.69. The third kappa shape index (κ3) is 4.21. The van der Waals surface area contributed by atoms with Gasteiger partial charge in [0.15, 0.2) is 5.78 Å². The number of carbonyl (C=O) groups is 1. The van der Waals surface area contributed by atoms with E-state index in [1.165, 1.54) is 37.1 Å². The summed E-state index contributed by atoms with van der Waals surface area (Å²) in [6.45, 7) is 0.508. The minimum atomic E-state index is -0.483. The first-order valence-electron chi connectivity index (χ1n) is 7.47. The van der Waals surface area contributed by atoms with E-state index in [-0.39, 0.29) is 17.1 Å². The Hall–Kier alpha value is -2.74. The van der Waals surface area contributed by atoms with E-state index in [1.807, 2.05) is 30.3 Å². The highest BCUT2D eigenvalue weighted by atomic mass is 32.2. The Morgan fingerprint density at radius 3 is 2.80 bits per heavy atom. The van der Waals surface area contributed by atoms with Gasteiger partial charge in [0.05, 0.1) is 25.0 Å². The Kier molecular flexibility index (Phi) is 5.39. The topological polar surface area (TPSA) is 69.9 Å². The van der Waals surface area contributed by atoms with E-state index in [4.69, 9.17) is 4.74 Å². The molecule has 0 N–H and O–H groups in total. The second kappa shape index (κ2) is 7.89. The summed E-state index contributed by atoms with van der Waals surface area (Å²) in [5, 5.41) is 12.1. The second-order valence-electron chi connectivity index (χ2n) is 5.16. The Labute approximate surface area is 148 Å². The third-order valence-corrected chi connectivity index (χ3v) is 4.43. The molecule has 0 amide bonds. The molecule has 8 heteroatoms. The predicted molar refractivity (Wildman–Crippen MR) is 91.4 cm³/mol. The van der Waals surface area contributed by atoms with Gasteiger partial charge in [0.2, 0.25) is 5.16 Å². The molecule has 0 saturated heterocycles. The van der Waals surface area contributed by atoms with Crippen LogP contribution in [-0.2, 0) is 6.54 Å². The smallest absolute Gasteiger partial charge is 0.210 e. The number of hydrogen-bond acceptors (Lipinski definition) is 6. The number of ketones is 1. The summed E-state index contributed by atoms with van der Waals surface area (Å²) >= 11 is 1.20. The number of thioether (sulfide) groups is 1. The van der Waals surface area contributed by atoms with Crippen molar-refractivity contribution in [1.29, 1.82) is 0 Å². The van der Waals surface area contributed by atoms with Crippen LogP contribution in [0.1, 0.15) is 15.9 Å². The summed E-state index contributed by atoms with van der Waals surface area (Å²) in [6, 6.07) is 13.6. The molecule has 1 aromatic heterocycles. The molecule has 0 saturated carbocycles. The highest BCUT2D eigenvalue weighted by Gasteiger charge is 2.16. The van der Waals surface area contributed by atoms with Gasteiger partial charge in [-0.3, -0.25) is 4.79 Å². The van der Waals surface area contributed by atoms with Crippen LogP contribution in [0.25, 0.3) is 0 Å². The van der Waals surface area contributed by atoms with Crippen molar-refractivity contribution in [2.45, 2.75) is 11.7 Å². The molecule has 0 atom stereocenters. The van der Waals surface area contributed by atoms with Crippen LogP contribution in [0.2, 0.25) is 0 Å². The van der Waals surface area contributed by atoms with Crippen molar-refractivity contribution in [2.75, 3.05) is 12.9 Å². The minimum Gasteiger partial charge on any atom is -0.496 e. The first kappa shape index (κ1) is 17.1. The largest absolute Gasteiger partial charge is 0.496 e. The molecule has 0 aliphatic carbocycles. The van der Waals surface area contributed by atoms with Crippen LogP contribution in [0.3, 0.4) is 0 Å². The molecule has 128 valence electrons. The van der Waals surface area contributed by atoms with Gasteiger partial charge in [0, 0.05) is 0 Å². The van der Waals surface area contributed by atoms with Gasteiger partial charge < -0.3 is 4.74 Å². The average Bonchev–Trinajstić information content (AvgIpc) is 3.07. The molecule has 2 aromatic carbocycles. The lowest BCUT2D eigenvalue weighted by molar-refractivity contribution is 0.101. The quantitative estimate of drug-likeness (QED) is 0.478. The van der Waals surface area contributed by atoms with Crippen LogP contribution in [0, 0.1) is 5.82 Å². The zero-order chi connectivity index (χ0) is 17.6. The number of rotatable bonds is 7. The first-order chi connectivity index (χ1) is 12.2. The number of ether oxygens (including phenoxy) is 1. The van der Waals surface area contributed by atoms with Crippen LogP contribution >= 0.6 is 11.8 Å². The Morgan fingerprint density at radius 2 is 2.04 bits per heavy atom. The second-order valence-corrected chi connectivity index (χ2v) is 6.10. The van der Waals surface area contributed by atoms with Crippen LogP contribution < -0.4 is 4.74 Å². The fraction of sp³-hybridized carbons (Fsp3) is 0.176. The lowest BCUT2D eigenvalue weighted by Gasteiger charge is -2.08. The standard InChI is InChI=1S/C17H15FN4O2S/c1-24-16-8-7-13(18)9-14(16)15(23)11-25-17-19-20-21-22(17)10-12-5-3-2-4-6-12/h2-9H,10-11H2,1H3. The van der Waals surface area contributed by atoms with Crippen LogP contribution in [0.15, 0.2) is 53.7 Å². The van der Waals surface area contributed by atoms with Crippen molar-refractivity contribution >= 4 is 17.5 Å². The summed E-state index contributed by atoms with van der Waals surface area (Å²) in [4.78, 5) is 12.4. The molecule has 25 heavy (non-hydrogen) atoms. The maximum absolute atomic E-state index is 13.4. The Bertz CT molecular complexity index is 870. The molecule has 0 aliphatic heterocycles. The van der Waals surface area contributed by atoms with Gasteiger partial charge in [-0.1, -0.05) is 42.1 Å². The van der Waals surface area contributed by atoms with Crippen molar-refractivity contribution in [3.05, 3.63) is 65.5 Å². The van der Waals surface area contributed by atoms with Crippen LogP contribution in [0.4, 0.5) is 4.39 Å². The fourth-order valence-electron chi connectivity index (χ4n) is 2.26. The van der Waals surface area contributed by atoms with Gasteiger partial charge in [0.1, 0.15) is 11.6 Å². The normalized spacial score (nSPS) is 10.6. The maximum atomic E-state index is 13.4. The molecule has 0 bridgehead atoms. The number of halogens is 1. The molecule has 0 fully saturated rings. The lowest BCUT2D eigenvalue weighted by atomic mass is 10.1. The Morgan fingerprint density at radius 1 is 1.24 bits per heavy atom. The summed E-state index contributed by atoms with van der Waals surface area (Å²) < 4.78 is 20.2. The van der Waals surface area contributed by atoms with Crippen molar-refractivity contribution in [3.8, 4) is 5.75 Å². The fourth-order valence-corrected chi connectivity index (χ4v) is 3.02. The lowest BCUT2D eigenvalue weighted by Crippen LogP contribution is -2.08. The van der Waals surface area contributed by atoms with Crippen molar-refractivity contribution in [3.63, 3.8) is 0 Å². The van der Waals surface area contributed by atoms with Gasteiger partial charge in [-0.15, -0.1) is 5.10 Å². The minimum absolute atomic E-state index is 0.0783. The molecule has 0 aliphatic rings. The highest BCUT2D eigenvalue weighted by molar-refractivity contribution is 7.99. The molecule has 0 spiro atoms. The SMILES string of the molecule is COc1ccc(F)cc1C(=O)CSc1nnnn1Cc1ccccc1. The number of benzene rings is 2. The van der Waals surface area contributed by atoms with E-state index in [0.29, 0.717) is 17.5 Å². The molecule has 1 heterocycles. The van der Waals surface area contributed by atoms with Gasteiger partial charge >= 0.3 is 0 Å². The molecular weight excluding hydrogens is 343 g/mol. The van der Waals surface area contributed by atoms with Gasteiger partial charge in [0.25, 0.3) is 0 Å². The van der Waals surface area contributed by atoms with Crippen LogP contribution in [-0.4, -0.2) is 38.9 Å². The van der Waals surface area contributed by atoms with Gasteiger partial charge in [-0.2, -0.15) is 0 Å². The van der Waals surface area contributed by atoms with E-state index in [1.54, 1.807) is 4.68 Å². The summed E-state index contributed by atoms with van der Waals surface area (Å²) in [7, 11) is 1.44. The van der Waals surface area contributed by atoms with E-state index in [9.17, 15) is 9.18 Å². The van der Waals surface area contributed by atoms with E-state index in [0.717, 1.165) is 5.56 Å². The van der Waals surface area contributed by atoms with E-state index < -0.39 is 5.82 Å². The zero-order valence-corrected chi connectivity index (χ0v) is 14.2. The highest BCUT2D eigenvalue weighted by Crippen LogP contribution is 2.23. The van der Waals surface area contributed by atoms with Crippen molar-refractivity contribution < 1.29 is 13.9 Å². The van der Waals surface area contributed by atoms with E-state index >= 15 is 0 Å². The van der Waals surface area contributed by atoms with Crippen molar-refractivity contribution in [1.82, 2.24) is 20.2 Å². The monoisotopic (exact) mass is 358 g/mol. The van der Waals surface area contributed by atoms with Crippen LogP contribution in [0.5, 0.6) is 5.75 Å². The number of methoxy groups -OCH3 is 1. The number of nitrogens with zero attached hydrogens (tertiary/aromatic N) is 4. The average molecular weight is 358 g/mol. The number of hydrogen-bond donors (Lipinski definition) is 0. The number of Topliss-reactive ketones (excluding diaryl/α,β-unsaturated/α-hetero) is 1. The molecule has 0 radical (unpaired) electrons. The first-order valence-corrected chi connectivity index (χ1v) is 8.45.